The molecule has 0 fully saturated rings. The molecule has 5 nitrogen and oxygen atoms in total. The Morgan fingerprint density at radius 3 is 3.06 bits per heavy atom. The third-order valence-electron chi connectivity index (χ3n) is 2.42. The number of aromatic amines is 1. The first-order valence-corrected chi connectivity index (χ1v) is 6.64. The van der Waals surface area contributed by atoms with Gasteiger partial charge < -0.3 is 10.3 Å². The van der Waals surface area contributed by atoms with Crippen LogP contribution in [-0.4, -0.2) is 38.0 Å². The number of anilines is 1. The predicted molar refractivity (Wildman–Crippen MR) is 67.8 cm³/mol. The molecule has 6 heteroatoms. The van der Waals surface area contributed by atoms with Crippen LogP contribution in [0, 0.1) is 0 Å². The molecule has 0 amide bonds. The van der Waals surface area contributed by atoms with E-state index >= 15 is 0 Å². The first-order chi connectivity index (χ1) is 7.85. The van der Waals surface area contributed by atoms with Gasteiger partial charge in [-0.15, -0.1) is 0 Å². The molecular formula is C10H15N5S. The Labute approximate surface area is 98.5 Å². The molecule has 86 valence electrons. The van der Waals surface area contributed by atoms with Crippen molar-refractivity contribution >= 4 is 28.7 Å². The average molecular weight is 237 g/mol. The molecule has 2 N–H and O–H groups in total. The van der Waals surface area contributed by atoms with E-state index in [9.17, 15) is 0 Å². The van der Waals surface area contributed by atoms with Crippen LogP contribution >= 0.6 is 11.8 Å². The molecule has 1 atom stereocenters. The van der Waals surface area contributed by atoms with Crippen LogP contribution in [0.25, 0.3) is 11.2 Å². The molecule has 0 aliphatic rings. The minimum absolute atomic E-state index is 0.427. The van der Waals surface area contributed by atoms with E-state index in [1.807, 2.05) is 11.8 Å². The van der Waals surface area contributed by atoms with E-state index in [2.05, 4.69) is 38.4 Å². The van der Waals surface area contributed by atoms with Crippen molar-refractivity contribution in [2.75, 3.05) is 17.3 Å². The smallest absolute Gasteiger partial charge is 0.182 e. The van der Waals surface area contributed by atoms with Gasteiger partial charge >= 0.3 is 0 Å². The summed E-state index contributed by atoms with van der Waals surface area (Å²) < 4.78 is 0. The van der Waals surface area contributed by atoms with E-state index in [4.69, 9.17) is 0 Å². The largest absolute Gasteiger partial charge is 0.365 e. The monoisotopic (exact) mass is 237 g/mol. The van der Waals surface area contributed by atoms with Gasteiger partial charge in [0.05, 0.1) is 6.33 Å². The van der Waals surface area contributed by atoms with E-state index in [0.717, 1.165) is 23.5 Å². The maximum Gasteiger partial charge on any atom is 0.182 e. The van der Waals surface area contributed by atoms with Crippen LogP contribution in [0.2, 0.25) is 0 Å². The molecule has 16 heavy (non-hydrogen) atoms. The normalized spacial score (nSPS) is 12.9. The van der Waals surface area contributed by atoms with Gasteiger partial charge in [0, 0.05) is 11.8 Å². The fourth-order valence-corrected chi connectivity index (χ4v) is 2.25. The van der Waals surface area contributed by atoms with Crippen molar-refractivity contribution in [3.8, 4) is 0 Å². The Hall–Kier alpha value is -1.30. The van der Waals surface area contributed by atoms with Gasteiger partial charge in [0.2, 0.25) is 0 Å². The Morgan fingerprint density at radius 1 is 1.44 bits per heavy atom. The van der Waals surface area contributed by atoms with Gasteiger partial charge in [-0.25, -0.2) is 15.0 Å². The number of nitrogens with one attached hydrogen (secondary N) is 2. The lowest BCUT2D eigenvalue weighted by molar-refractivity contribution is 0.770. The first-order valence-electron chi connectivity index (χ1n) is 5.24. The number of fused-ring (bicyclic) bond motifs is 1. The molecule has 0 bridgehead atoms. The minimum Gasteiger partial charge on any atom is -0.365 e. The zero-order valence-electron chi connectivity index (χ0n) is 9.40. The standard InChI is InChI=1S/C10H15N5S/c1-3-7(4-16-2)15-10-8-9(12-5-11-8)13-6-14-10/h5-7H,3-4H2,1-2H3,(H2,11,12,13,14,15). The third-order valence-corrected chi connectivity index (χ3v) is 3.16. The number of thioether (sulfide) groups is 1. The summed E-state index contributed by atoms with van der Waals surface area (Å²) in [7, 11) is 0. The summed E-state index contributed by atoms with van der Waals surface area (Å²) >= 11 is 1.83. The zero-order valence-corrected chi connectivity index (χ0v) is 10.2. The molecule has 0 saturated carbocycles. The highest BCUT2D eigenvalue weighted by atomic mass is 32.2. The van der Waals surface area contributed by atoms with Crippen LogP contribution in [0.4, 0.5) is 5.82 Å². The Kier molecular flexibility index (Phi) is 3.61. The highest BCUT2D eigenvalue weighted by Crippen LogP contribution is 2.17. The Bertz CT molecular complexity index is 455. The second kappa shape index (κ2) is 5.16. The molecule has 0 aromatic carbocycles. The minimum atomic E-state index is 0.427. The molecule has 2 heterocycles. The molecule has 0 saturated heterocycles. The summed E-state index contributed by atoms with van der Waals surface area (Å²) in [6, 6.07) is 0.427. The summed E-state index contributed by atoms with van der Waals surface area (Å²) in [6.45, 7) is 2.17. The van der Waals surface area contributed by atoms with Crippen molar-refractivity contribution in [2.45, 2.75) is 19.4 Å². The van der Waals surface area contributed by atoms with Gasteiger partial charge in [-0.2, -0.15) is 11.8 Å². The summed E-state index contributed by atoms with van der Waals surface area (Å²) in [6.07, 6.45) is 6.36. The fraction of sp³-hybridized carbons (Fsp3) is 0.500. The lowest BCUT2D eigenvalue weighted by Gasteiger charge is -2.16. The summed E-state index contributed by atoms with van der Waals surface area (Å²) in [5, 5.41) is 3.42. The van der Waals surface area contributed by atoms with Gasteiger partial charge in [-0.1, -0.05) is 6.92 Å². The highest BCUT2D eigenvalue weighted by molar-refractivity contribution is 7.98. The molecule has 2 aromatic rings. The molecule has 1 unspecified atom stereocenters. The second-order valence-corrected chi connectivity index (χ2v) is 4.44. The number of aromatic nitrogens is 4. The zero-order chi connectivity index (χ0) is 11.4. The van der Waals surface area contributed by atoms with Crippen molar-refractivity contribution in [1.82, 2.24) is 19.9 Å². The van der Waals surface area contributed by atoms with Gasteiger partial charge in [-0.05, 0) is 12.7 Å². The van der Waals surface area contributed by atoms with Crippen molar-refractivity contribution < 1.29 is 0 Å². The van der Waals surface area contributed by atoms with Crippen LogP contribution in [0.1, 0.15) is 13.3 Å². The van der Waals surface area contributed by atoms with Crippen molar-refractivity contribution in [3.63, 3.8) is 0 Å². The first kappa shape index (κ1) is 11.2. The van der Waals surface area contributed by atoms with Crippen molar-refractivity contribution in [3.05, 3.63) is 12.7 Å². The maximum atomic E-state index is 4.25. The molecular weight excluding hydrogens is 222 g/mol. The number of rotatable bonds is 5. The lowest BCUT2D eigenvalue weighted by Crippen LogP contribution is -2.22. The van der Waals surface area contributed by atoms with E-state index in [0.29, 0.717) is 11.7 Å². The maximum absolute atomic E-state index is 4.25. The average Bonchev–Trinajstić information content (AvgIpc) is 2.77. The summed E-state index contributed by atoms with van der Waals surface area (Å²) in [5.74, 6) is 1.90. The number of nitrogens with zero attached hydrogens (tertiary/aromatic N) is 3. The number of hydrogen-bond donors (Lipinski definition) is 2. The van der Waals surface area contributed by atoms with Crippen LogP contribution in [0.3, 0.4) is 0 Å². The third kappa shape index (κ3) is 2.27. The Balaban J connectivity index is 2.22. The highest BCUT2D eigenvalue weighted by Gasteiger charge is 2.10. The van der Waals surface area contributed by atoms with Crippen LogP contribution < -0.4 is 5.32 Å². The number of hydrogen-bond acceptors (Lipinski definition) is 5. The number of imidazole rings is 1. The van der Waals surface area contributed by atoms with Crippen LogP contribution in [0.15, 0.2) is 12.7 Å². The summed E-state index contributed by atoms with van der Waals surface area (Å²) in [5.41, 5.74) is 1.58. The van der Waals surface area contributed by atoms with E-state index in [1.54, 1.807) is 6.33 Å². The van der Waals surface area contributed by atoms with E-state index in [-0.39, 0.29) is 0 Å². The molecule has 2 aromatic heterocycles. The lowest BCUT2D eigenvalue weighted by atomic mass is 10.2. The molecule has 2 rings (SSSR count). The predicted octanol–water partition coefficient (Wildman–Crippen LogP) is 1.91. The quantitative estimate of drug-likeness (QED) is 0.831. The van der Waals surface area contributed by atoms with Crippen molar-refractivity contribution in [1.29, 1.82) is 0 Å². The van der Waals surface area contributed by atoms with Crippen LogP contribution in [0.5, 0.6) is 0 Å². The molecule has 0 spiro atoms. The number of H-pyrrole nitrogens is 1. The molecule has 0 radical (unpaired) electrons. The fourth-order valence-electron chi connectivity index (χ4n) is 1.53. The van der Waals surface area contributed by atoms with Gasteiger partial charge in [0.25, 0.3) is 0 Å². The second-order valence-electron chi connectivity index (χ2n) is 3.53. The van der Waals surface area contributed by atoms with Gasteiger partial charge in [0.1, 0.15) is 11.8 Å². The SMILES string of the molecule is CCC(CSC)Nc1ncnc2nc[nH]c12. The topological polar surface area (TPSA) is 66.5 Å². The van der Waals surface area contributed by atoms with E-state index in [1.165, 1.54) is 6.33 Å². The van der Waals surface area contributed by atoms with Crippen LogP contribution in [-0.2, 0) is 0 Å². The molecule has 0 aliphatic heterocycles. The Morgan fingerprint density at radius 2 is 2.31 bits per heavy atom. The van der Waals surface area contributed by atoms with Crippen molar-refractivity contribution in [2.24, 2.45) is 0 Å². The van der Waals surface area contributed by atoms with Gasteiger partial charge in [-0.3, -0.25) is 0 Å². The van der Waals surface area contributed by atoms with E-state index < -0.39 is 0 Å². The van der Waals surface area contributed by atoms with Gasteiger partial charge in [0.15, 0.2) is 11.5 Å². The molecule has 0 aliphatic carbocycles. The summed E-state index contributed by atoms with van der Waals surface area (Å²) in [4.78, 5) is 15.5.